The lowest BCUT2D eigenvalue weighted by atomic mass is 9.95. The van der Waals surface area contributed by atoms with E-state index in [9.17, 15) is 9.59 Å². The van der Waals surface area contributed by atoms with Crippen LogP contribution in [-0.4, -0.2) is 11.8 Å². The molecule has 1 fully saturated rings. The van der Waals surface area contributed by atoms with Gasteiger partial charge < -0.3 is 10.6 Å². The Bertz CT molecular complexity index is 706. The van der Waals surface area contributed by atoms with Crippen LogP contribution in [0.3, 0.4) is 0 Å². The van der Waals surface area contributed by atoms with Gasteiger partial charge in [0.05, 0.1) is 5.41 Å². The first-order chi connectivity index (χ1) is 10.6. The summed E-state index contributed by atoms with van der Waals surface area (Å²) in [6.45, 7) is 1.46. The second-order valence-electron chi connectivity index (χ2n) is 5.66. The van der Waals surface area contributed by atoms with Crippen molar-refractivity contribution in [1.82, 2.24) is 0 Å². The summed E-state index contributed by atoms with van der Waals surface area (Å²) < 4.78 is 0. The zero-order valence-electron chi connectivity index (χ0n) is 12.4. The normalized spacial score (nSPS) is 15.0. The zero-order chi connectivity index (χ0) is 15.6. The molecule has 0 aliphatic heterocycles. The average molecular weight is 294 g/mol. The first-order valence-corrected chi connectivity index (χ1v) is 7.35. The SMILES string of the molecule is CC(=O)Nc1cccc(NC(=O)C2(c3ccccc3)CC2)c1. The topological polar surface area (TPSA) is 58.2 Å². The molecule has 2 N–H and O–H groups in total. The molecule has 2 aromatic carbocycles. The van der Waals surface area contributed by atoms with Gasteiger partial charge in [0.2, 0.25) is 11.8 Å². The monoisotopic (exact) mass is 294 g/mol. The minimum atomic E-state index is -0.398. The smallest absolute Gasteiger partial charge is 0.235 e. The molecule has 0 bridgehead atoms. The van der Waals surface area contributed by atoms with Crippen LogP contribution in [0.25, 0.3) is 0 Å². The third kappa shape index (κ3) is 2.86. The maximum Gasteiger partial charge on any atom is 0.235 e. The van der Waals surface area contributed by atoms with Crippen LogP contribution in [0.2, 0.25) is 0 Å². The first-order valence-electron chi connectivity index (χ1n) is 7.35. The molecule has 0 atom stereocenters. The van der Waals surface area contributed by atoms with Gasteiger partial charge in [0.1, 0.15) is 0 Å². The van der Waals surface area contributed by atoms with Gasteiger partial charge in [-0.2, -0.15) is 0 Å². The van der Waals surface area contributed by atoms with Crippen molar-refractivity contribution >= 4 is 23.2 Å². The first kappa shape index (κ1) is 14.3. The van der Waals surface area contributed by atoms with Crippen LogP contribution >= 0.6 is 0 Å². The molecule has 3 rings (SSSR count). The van der Waals surface area contributed by atoms with Crippen LogP contribution < -0.4 is 10.6 Å². The Morgan fingerprint density at radius 2 is 1.55 bits per heavy atom. The van der Waals surface area contributed by atoms with Crippen LogP contribution in [0.4, 0.5) is 11.4 Å². The summed E-state index contributed by atoms with van der Waals surface area (Å²) in [6, 6.07) is 17.1. The van der Waals surface area contributed by atoms with E-state index in [1.54, 1.807) is 12.1 Å². The molecule has 0 unspecified atom stereocenters. The lowest BCUT2D eigenvalue weighted by Gasteiger charge is -2.16. The van der Waals surface area contributed by atoms with Crippen LogP contribution in [-0.2, 0) is 15.0 Å². The Hall–Kier alpha value is -2.62. The number of benzene rings is 2. The fourth-order valence-electron chi connectivity index (χ4n) is 2.66. The summed E-state index contributed by atoms with van der Waals surface area (Å²) in [7, 11) is 0. The highest BCUT2D eigenvalue weighted by Gasteiger charge is 2.51. The maximum atomic E-state index is 12.6. The molecule has 4 nitrogen and oxygen atoms in total. The van der Waals surface area contributed by atoms with Crippen molar-refractivity contribution in [2.24, 2.45) is 0 Å². The molecular formula is C18H18N2O2. The number of carbonyl (C=O) groups is 2. The summed E-state index contributed by atoms with van der Waals surface area (Å²) in [4.78, 5) is 23.7. The van der Waals surface area contributed by atoms with E-state index in [0.717, 1.165) is 18.4 Å². The lowest BCUT2D eigenvalue weighted by Crippen LogP contribution is -2.27. The molecule has 1 saturated carbocycles. The molecule has 0 radical (unpaired) electrons. The number of anilines is 2. The van der Waals surface area contributed by atoms with Gasteiger partial charge in [0.25, 0.3) is 0 Å². The predicted octanol–water partition coefficient (Wildman–Crippen LogP) is 3.32. The maximum absolute atomic E-state index is 12.6. The fourth-order valence-corrected chi connectivity index (χ4v) is 2.66. The van der Waals surface area contributed by atoms with Crippen LogP contribution in [0, 0.1) is 0 Å². The molecule has 112 valence electrons. The Balaban J connectivity index is 1.76. The Morgan fingerprint density at radius 1 is 0.909 bits per heavy atom. The van der Waals surface area contributed by atoms with E-state index in [1.807, 2.05) is 42.5 Å². The van der Waals surface area contributed by atoms with E-state index in [1.165, 1.54) is 6.92 Å². The molecule has 0 saturated heterocycles. The summed E-state index contributed by atoms with van der Waals surface area (Å²) >= 11 is 0. The lowest BCUT2D eigenvalue weighted by molar-refractivity contribution is -0.118. The van der Waals surface area contributed by atoms with Gasteiger partial charge in [-0.1, -0.05) is 36.4 Å². The number of hydrogen-bond donors (Lipinski definition) is 2. The number of amides is 2. The van der Waals surface area contributed by atoms with Crippen molar-refractivity contribution in [2.75, 3.05) is 10.6 Å². The Morgan fingerprint density at radius 3 is 2.14 bits per heavy atom. The highest BCUT2D eigenvalue weighted by molar-refractivity contribution is 6.02. The van der Waals surface area contributed by atoms with E-state index in [0.29, 0.717) is 11.4 Å². The van der Waals surface area contributed by atoms with Gasteiger partial charge in [-0.25, -0.2) is 0 Å². The molecular weight excluding hydrogens is 276 g/mol. The number of carbonyl (C=O) groups excluding carboxylic acids is 2. The highest BCUT2D eigenvalue weighted by atomic mass is 16.2. The van der Waals surface area contributed by atoms with Crippen molar-refractivity contribution in [3.63, 3.8) is 0 Å². The van der Waals surface area contributed by atoms with Crippen LogP contribution in [0.15, 0.2) is 54.6 Å². The molecule has 0 aromatic heterocycles. The van der Waals surface area contributed by atoms with Gasteiger partial charge in [0.15, 0.2) is 0 Å². The molecule has 1 aliphatic carbocycles. The Kier molecular flexibility index (Phi) is 3.67. The molecule has 2 amide bonds. The third-order valence-corrected chi connectivity index (χ3v) is 3.95. The van der Waals surface area contributed by atoms with Gasteiger partial charge in [-0.15, -0.1) is 0 Å². The third-order valence-electron chi connectivity index (χ3n) is 3.95. The minimum Gasteiger partial charge on any atom is -0.326 e. The van der Waals surface area contributed by atoms with Crippen molar-refractivity contribution < 1.29 is 9.59 Å². The van der Waals surface area contributed by atoms with Crippen LogP contribution in [0.5, 0.6) is 0 Å². The van der Waals surface area contributed by atoms with Crippen LogP contribution in [0.1, 0.15) is 25.3 Å². The molecule has 22 heavy (non-hydrogen) atoms. The quantitative estimate of drug-likeness (QED) is 0.909. The summed E-state index contributed by atoms with van der Waals surface area (Å²) in [5.41, 5.74) is 2.03. The number of nitrogens with one attached hydrogen (secondary N) is 2. The van der Waals surface area contributed by atoms with Crippen molar-refractivity contribution in [3.8, 4) is 0 Å². The number of rotatable bonds is 4. The van der Waals surface area contributed by atoms with E-state index in [2.05, 4.69) is 10.6 Å². The predicted molar refractivity (Wildman–Crippen MR) is 86.7 cm³/mol. The minimum absolute atomic E-state index is 0.0127. The molecule has 4 heteroatoms. The van der Waals surface area contributed by atoms with E-state index in [4.69, 9.17) is 0 Å². The van der Waals surface area contributed by atoms with E-state index < -0.39 is 5.41 Å². The second-order valence-corrected chi connectivity index (χ2v) is 5.66. The molecule has 0 spiro atoms. The van der Waals surface area contributed by atoms with Crippen molar-refractivity contribution in [2.45, 2.75) is 25.2 Å². The fraction of sp³-hybridized carbons (Fsp3) is 0.222. The molecule has 1 aliphatic rings. The highest BCUT2D eigenvalue weighted by Crippen LogP contribution is 2.48. The van der Waals surface area contributed by atoms with Gasteiger partial charge in [-0.3, -0.25) is 9.59 Å². The standard InChI is InChI=1S/C18H18N2O2/c1-13(21)19-15-8-5-9-16(12-15)20-17(22)18(10-11-18)14-6-3-2-4-7-14/h2-9,12H,10-11H2,1H3,(H,19,21)(H,20,22). The van der Waals surface area contributed by atoms with Gasteiger partial charge in [-0.05, 0) is 36.6 Å². The number of hydrogen-bond acceptors (Lipinski definition) is 2. The molecule has 0 heterocycles. The van der Waals surface area contributed by atoms with E-state index in [-0.39, 0.29) is 11.8 Å². The summed E-state index contributed by atoms with van der Waals surface area (Å²) in [5, 5.41) is 5.68. The van der Waals surface area contributed by atoms with Crippen molar-refractivity contribution in [3.05, 3.63) is 60.2 Å². The second kappa shape index (κ2) is 5.64. The van der Waals surface area contributed by atoms with Gasteiger partial charge >= 0.3 is 0 Å². The van der Waals surface area contributed by atoms with E-state index >= 15 is 0 Å². The molecule has 2 aromatic rings. The summed E-state index contributed by atoms with van der Waals surface area (Å²) in [6.07, 6.45) is 1.74. The largest absolute Gasteiger partial charge is 0.326 e. The zero-order valence-corrected chi connectivity index (χ0v) is 12.4. The van der Waals surface area contributed by atoms with Gasteiger partial charge in [0, 0.05) is 18.3 Å². The average Bonchev–Trinajstić information content (AvgIpc) is 3.29. The summed E-state index contributed by atoms with van der Waals surface area (Å²) in [5.74, 6) is -0.120. The van der Waals surface area contributed by atoms with Crippen molar-refractivity contribution in [1.29, 1.82) is 0 Å². The Labute approximate surface area is 129 Å².